The van der Waals surface area contributed by atoms with Crippen molar-refractivity contribution >= 4 is 34.3 Å². The maximum absolute atomic E-state index is 13.9. The molecule has 156 valence electrons. The predicted molar refractivity (Wildman–Crippen MR) is 120 cm³/mol. The molecule has 0 radical (unpaired) electrons. The Morgan fingerprint density at radius 1 is 1.10 bits per heavy atom. The average Bonchev–Trinajstić information content (AvgIpc) is 2.76. The number of halogens is 1. The molecule has 0 aliphatic rings. The molecule has 4 rings (SSSR count). The Kier molecular flexibility index (Phi) is 5.81. The Morgan fingerprint density at radius 3 is 2.58 bits per heavy atom. The quantitative estimate of drug-likeness (QED) is 0.373. The molecular weight excluding hydrogens is 415 g/mol. The number of nitrogens with one attached hydrogen (secondary N) is 1. The van der Waals surface area contributed by atoms with Crippen molar-refractivity contribution < 1.29 is 9.18 Å². The van der Waals surface area contributed by atoms with E-state index in [0.717, 1.165) is 17.3 Å². The van der Waals surface area contributed by atoms with E-state index >= 15 is 0 Å². The van der Waals surface area contributed by atoms with E-state index in [1.807, 2.05) is 13.0 Å². The Hall–Kier alpha value is -3.52. The second kappa shape index (κ2) is 8.69. The number of hydrogen-bond donors (Lipinski definition) is 1. The molecule has 2 heterocycles. The van der Waals surface area contributed by atoms with Crippen molar-refractivity contribution in [1.29, 1.82) is 0 Å². The van der Waals surface area contributed by atoms with Gasteiger partial charge in [-0.05, 0) is 49.7 Å². The molecule has 1 unspecified atom stereocenters. The second-order valence-electron chi connectivity index (χ2n) is 6.98. The van der Waals surface area contributed by atoms with Crippen LogP contribution in [-0.2, 0) is 4.79 Å². The van der Waals surface area contributed by atoms with E-state index in [2.05, 4.69) is 15.3 Å². The number of aryl methyl sites for hydroxylation is 1. The van der Waals surface area contributed by atoms with Gasteiger partial charge in [0.15, 0.2) is 5.16 Å². The lowest BCUT2D eigenvalue weighted by atomic mass is 10.2. The fourth-order valence-electron chi connectivity index (χ4n) is 2.99. The lowest BCUT2D eigenvalue weighted by Crippen LogP contribution is -2.27. The highest BCUT2D eigenvalue weighted by Crippen LogP contribution is 2.26. The van der Waals surface area contributed by atoms with Gasteiger partial charge in [-0.2, -0.15) is 0 Å². The number of rotatable bonds is 5. The van der Waals surface area contributed by atoms with Crippen molar-refractivity contribution in [3.05, 3.63) is 88.6 Å². The van der Waals surface area contributed by atoms with E-state index in [0.29, 0.717) is 21.9 Å². The molecule has 0 aliphatic carbocycles. The smallest absolute Gasteiger partial charge is 0.267 e. The number of amides is 1. The summed E-state index contributed by atoms with van der Waals surface area (Å²) in [5, 5.41) is 2.72. The first-order valence-corrected chi connectivity index (χ1v) is 10.5. The number of nitrogens with zero attached hydrogens (tertiary/aromatic N) is 3. The third-order valence-corrected chi connectivity index (χ3v) is 5.71. The van der Waals surface area contributed by atoms with Gasteiger partial charge in [-0.3, -0.25) is 9.59 Å². The first-order chi connectivity index (χ1) is 14.9. The molecule has 2 aromatic heterocycles. The van der Waals surface area contributed by atoms with Crippen LogP contribution in [0, 0.1) is 12.7 Å². The molecule has 0 bridgehead atoms. The van der Waals surface area contributed by atoms with E-state index < -0.39 is 17.0 Å². The molecule has 6 nitrogen and oxygen atoms in total. The Morgan fingerprint density at radius 2 is 1.84 bits per heavy atom. The van der Waals surface area contributed by atoms with Gasteiger partial charge < -0.3 is 5.32 Å². The standard InChI is InChI=1S/C23H19FN4O2S/c1-14-11-12-20(25-13-14)28-22(30)16-7-3-5-9-18(16)27-23(28)31-15(2)21(29)26-19-10-6-4-8-17(19)24/h3-13,15H,1-2H3,(H,26,29). The average molecular weight is 434 g/mol. The molecule has 1 atom stereocenters. The predicted octanol–water partition coefficient (Wildman–Crippen LogP) is 4.35. The monoisotopic (exact) mass is 434 g/mol. The highest BCUT2D eigenvalue weighted by Gasteiger charge is 2.21. The number of para-hydroxylation sites is 2. The van der Waals surface area contributed by atoms with E-state index in [1.54, 1.807) is 55.6 Å². The second-order valence-corrected chi connectivity index (χ2v) is 8.28. The van der Waals surface area contributed by atoms with Gasteiger partial charge in [0.05, 0.1) is 21.8 Å². The van der Waals surface area contributed by atoms with Crippen LogP contribution in [0.3, 0.4) is 0 Å². The minimum absolute atomic E-state index is 0.101. The van der Waals surface area contributed by atoms with E-state index in [-0.39, 0.29) is 11.2 Å². The number of pyridine rings is 1. The molecule has 1 N–H and O–H groups in total. The van der Waals surface area contributed by atoms with Gasteiger partial charge in [0.1, 0.15) is 11.6 Å². The number of fused-ring (bicyclic) bond motifs is 1. The first-order valence-electron chi connectivity index (χ1n) is 9.61. The van der Waals surface area contributed by atoms with Gasteiger partial charge in [-0.1, -0.05) is 42.1 Å². The van der Waals surface area contributed by atoms with Crippen LogP contribution in [0.1, 0.15) is 12.5 Å². The Balaban J connectivity index is 1.73. The summed E-state index contributed by atoms with van der Waals surface area (Å²) >= 11 is 1.11. The molecule has 0 aliphatic heterocycles. The summed E-state index contributed by atoms with van der Waals surface area (Å²) in [6.07, 6.45) is 1.67. The number of thioether (sulfide) groups is 1. The maximum atomic E-state index is 13.9. The summed E-state index contributed by atoms with van der Waals surface area (Å²) in [7, 11) is 0. The molecule has 1 amide bonds. The van der Waals surface area contributed by atoms with Gasteiger partial charge in [-0.25, -0.2) is 18.9 Å². The largest absolute Gasteiger partial charge is 0.323 e. The van der Waals surface area contributed by atoms with Crippen molar-refractivity contribution in [2.75, 3.05) is 5.32 Å². The van der Waals surface area contributed by atoms with Crippen LogP contribution in [0.25, 0.3) is 16.7 Å². The zero-order valence-electron chi connectivity index (χ0n) is 16.9. The maximum Gasteiger partial charge on any atom is 0.267 e. The van der Waals surface area contributed by atoms with Crippen LogP contribution in [0.2, 0.25) is 0 Å². The lowest BCUT2D eigenvalue weighted by Gasteiger charge is -2.16. The summed E-state index contributed by atoms with van der Waals surface area (Å²) in [6.45, 7) is 3.58. The zero-order valence-corrected chi connectivity index (χ0v) is 17.7. The molecular formula is C23H19FN4O2S. The highest BCUT2D eigenvalue weighted by atomic mass is 32.2. The van der Waals surface area contributed by atoms with Crippen molar-refractivity contribution in [3.8, 4) is 5.82 Å². The van der Waals surface area contributed by atoms with E-state index in [4.69, 9.17) is 0 Å². The molecule has 0 saturated heterocycles. The fourth-order valence-corrected chi connectivity index (χ4v) is 3.91. The van der Waals surface area contributed by atoms with Crippen molar-refractivity contribution in [1.82, 2.24) is 14.5 Å². The molecule has 31 heavy (non-hydrogen) atoms. The van der Waals surface area contributed by atoms with Crippen molar-refractivity contribution in [2.45, 2.75) is 24.3 Å². The number of carbonyl (C=O) groups is 1. The van der Waals surface area contributed by atoms with Crippen molar-refractivity contribution in [2.24, 2.45) is 0 Å². The number of aromatic nitrogens is 3. The summed E-state index contributed by atoms with van der Waals surface area (Å²) < 4.78 is 15.3. The zero-order chi connectivity index (χ0) is 22.0. The summed E-state index contributed by atoms with van der Waals surface area (Å²) in [4.78, 5) is 34.9. The van der Waals surface area contributed by atoms with Gasteiger partial charge in [-0.15, -0.1) is 0 Å². The van der Waals surface area contributed by atoms with E-state index in [9.17, 15) is 14.0 Å². The minimum Gasteiger partial charge on any atom is -0.323 e. The minimum atomic E-state index is -0.649. The molecule has 4 aromatic rings. The molecule has 0 spiro atoms. The normalized spacial score (nSPS) is 12.0. The number of benzene rings is 2. The number of anilines is 1. The summed E-state index contributed by atoms with van der Waals surface area (Å²) in [5.41, 5.74) is 1.31. The van der Waals surface area contributed by atoms with Crippen LogP contribution in [-0.4, -0.2) is 25.7 Å². The Bertz CT molecular complexity index is 1320. The SMILES string of the molecule is Cc1ccc(-n2c(SC(C)C(=O)Nc3ccccc3F)nc3ccccc3c2=O)nc1. The number of hydrogen-bond acceptors (Lipinski definition) is 5. The van der Waals surface area contributed by atoms with Gasteiger partial charge >= 0.3 is 0 Å². The number of carbonyl (C=O) groups excluding carboxylic acids is 1. The fraction of sp³-hybridized carbons (Fsp3) is 0.130. The molecule has 0 fully saturated rings. The highest BCUT2D eigenvalue weighted by molar-refractivity contribution is 8.00. The van der Waals surface area contributed by atoms with Crippen LogP contribution in [0.5, 0.6) is 0 Å². The first kappa shape index (κ1) is 20.7. The summed E-state index contributed by atoms with van der Waals surface area (Å²) in [6, 6.07) is 16.6. The van der Waals surface area contributed by atoms with Crippen molar-refractivity contribution in [3.63, 3.8) is 0 Å². The third kappa shape index (κ3) is 4.34. The van der Waals surface area contributed by atoms with Crippen LogP contribution in [0.15, 0.2) is 76.8 Å². The van der Waals surface area contributed by atoms with Gasteiger partial charge in [0, 0.05) is 6.20 Å². The van der Waals surface area contributed by atoms with Gasteiger partial charge in [0.2, 0.25) is 5.91 Å². The van der Waals surface area contributed by atoms with E-state index in [1.165, 1.54) is 16.7 Å². The third-order valence-electron chi connectivity index (χ3n) is 4.65. The van der Waals surface area contributed by atoms with Crippen LogP contribution < -0.4 is 10.9 Å². The lowest BCUT2D eigenvalue weighted by molar-refractivity contribution is -0.115. The summed E-state index contributed by atoms with van der Waals surface area (Å²) in [5.74, 6) is -0.503. The van der Waals surface area contributed by atoms with Gasteiger partial charge in [0.25, 0.3) is 5.56 Å². The van der Waals surface area contributed by atoms with Crippen LogP contribution in [0.4, 0.5) is 10.1 Å². The Labute approximate surface area is 182 Å². The molecule has 2 aromatic carbocycles. The van der Waals surface area contributed by atoms with Crippen LogP contribution >= 0.6 is 11.8 Å². The topological polar surface area (TPSA) is 76.9 Å². The molecule has 8 heteroatoms. The molecule has 0 saturated carbocycles.